The molecule has 2 aliphatic rings. The van der Waals surface area contributed by atoms with E-state index in [1.165, 1.54) is 21.3 Å². The number of phenolic OH excluding ortho intramolecular Hbond substituents is 2. The number of nitrogens with zero attached hydrogens (tertiary/aromatic N) is 1. The average Bonchev–Trinajstić information content (AvgIpc) is 3.08. The van der Waals surface area contributed by atoms with Crippen molar-refractivity contribution in [3.63, 3.8) is 0 Å². The molecule has 0 saturated carbocycles. The minimum absolute atomic E-state index is 0.0956. The second-order valence-electron chi connectivity index (χ2n) is 7.30. The Bertz CT molecular complexity index is 1010. The van der Waals surface area contributed by atoms with Crippen LogP contribution in [0.4, 0.5) is 5.69 Å². The molecule has 30 heavy (non-hydrogen) atoms. The summed E-state index contributed by atoms with van der Waals surface area (Å²) in [6, 6.07) is 2.99. The zero-order chi connectivity index (χ0) is 21.7. The number of anilines is 1. The highest BCUT2D eigenvalue weighted by Gasteiger charge is 2.46. The molecule has 1 unspecified atom stereocenters. The van der Waals surface area contributed by atoms with Crippen molar-refractivity contribution in [1.29, 1.82) is 0 Å². The van der Waals surface area contributed by atoms with Gasteiger partial charge >= 0.3 is 5.97 Å². The van der Waals surface area contributed by atoms with Crippen LogP contribution in [0.15, 0.2) is 12.1 Å². The highest BCUT2D eigenvalue weighted by Crippen LogP contribution is 2.55. The van der Waals surface area contributed by atoms with Gasteiger partial charge in [0.2, 0.25) is 5.75 Å². The number of ether oxygens (including phenoxy) is 4. The smallest absolute Gasteiger partial charge is 0.343 e. The number of carbonyl (C=O) groups is 1. The number of hydrogen-bond donors (Lipinski definition) is 3. The van der Waals surface area contributed by atoms with Crippen LogP contribution in [0.5, 0.6) is 28.7 Å². The predicted octanol–water partition coefficient (Wildman–Crippen LogP) is 2.15. The molecule has 0 aromatic heterocycles. The molecule has 4 rings (SSSR count). The van der Waals surface area contributed by atoms with Crippen LogP contribution in [0.2, 0.25) is 0 Å². The van der Waals surface area contributed by atoms with Gasteiger partial charge in [0.1, 0.15) is 11.7 Å². The summed E-state index contributed by atoms with van der Waals surface area (Å²) in [4.78, 5) is 14.8. The number of nitrogens with two attached hydrogens (primary N) is 1. The van der Waals surface area contributed by atoms with Crippen molar-refractivity contribution >= 4 is 11.7 Å². The first-order chi connectivity index (χ1) is 14.3. The first-order valence-electron chi connectivity index (χ1n) is 9.41. The van der Waals surface area contributed by atoms with Crippen molar-refractivity contribution in [3.05, 3.63) is 34.4 Å². The Hall–Kier alpha value is -3.33. The van der Waals surface area contributed by atoms with E-state index in [4.69, 9.17) is 24.7 Å². The highest BCUT2D eigenvalue weighted by atomic mass is 16.6. The van der Waals surface area contributed by atoms with E-state index < -0.39 is 29.6 Å². The fourth-order valence-electron chi connectivity index (χ4n) is 4.47. The van der Waals surface area contributed by atoms with Crippen LogP contribution in [-0.2, 0) is 11.2 Å². The maximum atomic E-state index is 12.8. The van der Waals surface area contributed by atoms with Crippen LogP contribution in [0.3, 0.4) is 0 Å². The molecule has 0 saturated heterocycles. The van der Waals surface area contributed by atoms with Gasteiger partial charge in [0, 0.05) is 17.7 Å². The monoisotopic (exact) mass is 416 g/mol. The van der Waals surface area contributed by atoms with Crippen molar-refractivity contribution in [2.75, 3.05) is 40.7 Å². The lowest BCUT2D eigenvalue weighted by molar-refractivity contribution is 0.00875. The third-order valence-corrected chi connectivity index (χ3v) is 5.89. The molecule has 0 bridgehead atoms. The number of phenols is 2. The number of fused-ring (bicyclic) bond motifs is 2. The minimum Gasteiger partial charge on any atom is -0.503 e. The SMILES string of the molecule is COc1ccc2c(c1OC)C(=O)OC2[C@H]1c2c(c(N)c(O)c(O)c2OC)CCN1C. The van der Waals surface area contributed by atoms with Crippen LogP contribution in [0, 0.1) is 0 Å². The molecule has 2 atom stereocenters. The molecule has 9 nitrogen and oxygen atoms in total. The third kappa shape index (κ3) is 2.62. The van der Waals surface area contributed by atoms with Gasteiger partial charge < -0.3 is 34.9 Å². The zero-order valence-electron chi connectivity index (χ0n) is 17.2. The lowest BCUT2D eigenvalue weighted by Crippen LogP contribution is -2.36. The number of aromatic hydroxyl groups is 2. The molecule has 9 heteroatoms. The van der Waals surface area contributed by atoms with E-state index in [1.807, 2.05) is 11.9 Å². The Kier molecular flexibility index (Phi) is 4.77. The van der Waals surface area contributed by atoms with Crippen molar-refractivity contribution in [1.82, 2.24) is 4.90 Å². The van der Waals surface area contributed by atoms with Crippen LogP contribution in [0.25, 0.3) is 0 Å². The number of carbonyl (C=O) groups excluding carboxylic acids is 1. The lowest BCUT2D eigenvalue weighted by atomic mass is 9.84. The minimum atomic E-state index is -0.700. The normalized spacial score (nSPS) is 20.3. The maximum Gasteiger partial charge on any atom is 0.343 e. The summed E-state index contributed by atoms with van der Waals surface area (Å²) in [5.74, 6) is -0.536. The molecular formula is C21H24N2O7. The van der Waals surface area contributed by atoms with Gasteiger partial charge in [-0.05, 0) is 25.1 Å². The number of hydrogen-bond acceptors (Lipinski definition) is 9. The molecular weight excluding hydrogens is 392 g/mol. The van der Waals surface area contributed by atoms with E-state index in [9.17, 15) is 15.0 Å². The summed E-state index contributed by atoms with van der Waals surface area (Å²) < 4.78 is 22.0. The number of benzene rings is 2. The fourth-order valence-corrected chi connectivity index (χ4v) is 4.47. The van der Waals surface area contributed by atoms with Crippen LogP contribution in [0.1, 0.15) is 39.2 Å². The van der Waals surface area contributed by atoms with Crippen molar-refractivity contribution in [2.24, 2.45) is 0 Å². The number of cyclic esters (lactones) is 1. The molecule has 0 spiro atoms. The summed E-state index contributed by atoms with van der Waals surface area (Å²) in [5.41, 5.74) is 8.39. The topological polar surface area (TPSA) is 124 Å². The van der Waals surface area contributed by atoms with E-state index >= 15 is 0 Å². The van der Waals surface area contributed by atoms with Gasteiger partial charge in [-0.1, -0.05) is 6.07 Å². The molecule has 2 heterocycles. The van der Waals surface area contributed by atoms with E-state index in [1.54, 1.807) is 12.1 Å². The average molecular weight is 416 g/mol. The molecule has 2 aromatic carbocycles. The number of nitrogen functional groups attached to an aromatic ring is 1. The van der Waals surface area contributed by atoms with Gasteiger partial charge in [0.15, 0.2) is 23.0 Å². The van der Waals surface area contributed by atoms with Gasteiger partial charge in [-0.2, -0.15) is 0 Å². The largest absolute Gasteiger partial charge is 0.503 e. The summed E-state index contributed by atoms with van der Waals surface area (Å²) in [6.07, 6.45) is -0.161. The van der Waals surface area contributed by atoms with Crippen LogP contribution in [-0.4, -0.2) is 56.0 Å². The molecule has 160 valence electrons. The Balaban J connectivity index is 1.94. The van der Waals surface area contributed by atoms with Gasteiger partial charge in [0.25, 0.3) is 0 Å². The molecule has 4 N–H and O–H groups in total. The number of rotatable bonds is 4. The van der Waals surface area contributed by atoms with Gasteiger partial charge in [-0.25, -0.2) is 4.79 Å². The molecule has 0 aliphatic carbocycles. The fraction of sp³-hybridized carbons (Fsp3) is 0.381. The Morgan fingerprint density at radius 1 is 1.10 bits per heavy atom. The quantitative estimate of drug-likeness (QED) is 0.391. The first kappa shape index (κ1) is 20.0. The maximum absolute atomic E-state index is 12.8. The van der Waals surface area contributed by atoms with E-state index in [-0.39, 0.29) is 11.4 Å². The molecule has 0 amide bonds. The number of methoxy groups -OCH3 is 3. The van der Waals surface area contributed by atoms with Gasteiger partial charge in [-0.15, -0.1) is 0 Å². The molecule has 0 radical (unpaired) electrons. The number of likely N-dealkylation sites (N-methyl/N-ethyl adjacent to an activating group) is 1. The van der Waals surface area contributed by atoms with Crippen molar-refractivity contribution in [3.8, 4) is 28.7 Å². The second-order valence-corrected chi connectivity index (χ2v) is 7.30. The first-order valence-corrected chi connectivity index (χ1v) is 9.41. The lowest BCUT2D eigenvalue weighted by Gasteiger charge is -2.39. The summed E-state index contributed by atoms with van der Waals surface area (Å²) in [7, 11) is 6.25. The van der Waals surface area contributed by atoms with Crippen LogP contribution < -0.4 is 19.9 Å². The molecule has 2 aliphatic heterocycles. The van der Waals surface area contributed by atoms with Gasteiger partial charge in [0.05, 0.1) is 33.1 Å². The zero-order valence-corrected chi connectivity index (χ0v) is 17.2. The predicted molar refractivity (Wildman–Crippen MR) is 108 cm³/mol. The summed E-state index contributed by atoms with van der Waals surface area (Å²) >= 11 is 0. The van der Waals surface area contributed by atoms with Crippen molar-refractivity contribution < 1.29 is 34.0 Å². The Labute approximate surface area is 173 Å². The standard InChI is InChI=1S/C21H24N2O7/c1-23-8-7-9-12(20(29-4)17(25)16(24)14(9)22)15(23)18-10-5-6-11(27-2)19(28-3)13(10)21(26)30-18/h5-6,15,18,24-25H,7-8,22H2,1-4H3/t15-,18?/m1/s1. The molecule has 0 fully saturated rings. The number of esters is 1. The van der Waals surface area contributed by atoms with Gasteiger partial charge in [-0.3, -0.25) is 4.90 Å². The highest BCUT2D eigenvalue weighted by molar-refractivity contribution is 5.98. The van der Waals surface area contributed by atoms with E-state index in [0.29, 0.717) is 46.7 Å². The summed E-state index contributed by atoms with van der Waals surface area (Å²) in [5, 5.41) is 20.7. The van der Waals surface area contributed by atoms with Crippen molar-refractivity contribution in [2.45, 2.75) is 18.6 Å². The van der Waals surface area contributed by atoms with E-state index in [2.05, 4.69) is 0 Å². The Morgan fingerprint density at radius 2 is 1.80 bits per heavy atom. The Morgan fingerprint density at radius 3 is 2.43 bits per heavy atom. The molecule has 2 aromatic rings. The summed E-state index contributed by atoms with van der Waals surface area (Å²) in [6.45, 7) is 0.603. The van der Waals surface area contributed by atoms with E-state index in [0.717, 1.165) is 0 Å². The third-order valence-electron chi connectivity index (χ3n) is 5.89. The second kappa shape index (κ2) is 7.17. The van der Waals surface area contributed by atoms with Crippen LogP contribution >= 0.6 is 0 Å².